The summed E-state index contributed by atoms with van der Waals surface area (Å²) in [5.41, 5.74) is -1.21. The molecule has 0 aliphatic carbocycles. The zero-order valence-electron chi connectivity index (χ0n) is 16.2. The highest BCUT2D eigenvalue weighted by Gasteiger charge is 2.41. The number of rotatable bonds is 11. The van der Waals surface area contributed by atoms with Gasteiger partial charge in [-0.2, -0.15) is 8.62 Å². The summed E-state index contributed by atoms with van der Waals surface area (Å²) in [4.78, 5) is 61.5. The first kappa shape index (κ1) is 26.4. The highest BCUT2D eigenvalue weighted by molar-refractivity contribution is 7.66. The summed E-state index contributed by atoms with van der Waals surface area (Å²) in [6.45, 7) is 4.00. The number of phosphoric acid groups is 3. The van der Waals surface area contributed by atoms with Crippen molar-refractivity contribution >= 4 is 23.5 Å². The van der Waals surface area contributed by atoms with Crippen LogP contribution in [-0.4, -0.2) is 42.3 Å². The molecule has 2 heterocycles. The Labute approximate surface area is 179 Å². The van der Waals surface area contributed by atoms with Gasteiger partial charge < -0.3 is 29.0 Å². The van der Waals surface area contributed by atoms with E-state index in [0.29, 0.717) is 0 Å². The summed E-state index contributed by atoms with van der Waals surface area (Å²) in [6, 6.07) is 0. The third-order valence-electron chi connectivity index (χ3n) is 3.56. The fraction of sp³-hybridized carbons (Fsp3) is 0.385. The third kappa shape index (κ3) is 7.64. The van der Waals surface area contributed by atoms with E-state index in [1.54, 1.807) is 0 Å². The van der Waals surface area contributed by atoms with Gasteiger partial charge in [-0.3, -0.25) is 18.9 Å². The number of nitrogens with zero attached hydrogens (tertiary/aromatic N) is 1. The van der Waals surface area contributed by atoms with Crippen LogP contribution in [0.5, 0.6) is 0 Å². The van der Waals surface area contributed by atoms with Gasteiger partial charge in [0.1, 0.15) is 19.0 Å². The third-order valence-corrected chi connectivity index (χ3v) is 7.34. The maximum Gasteiger partial charge on any atom is 0.490 e. The predicted molar refractivity (Wildman–Crippen MR) is 104 cm³/mol. The second kappa shape index (κ2) is 9.98. The van der Waals surface area contributed by atoms with Crippen molar-refractivity contribution in [3.05, 3.63) is 56.8 Å². The Morgan fingerprint density at radius 2 is 1.88 bits per heavy atom. The van der Waals surface area contributed by atoms with Crippen molar-refractivity contribution < 1.29 is 55.9 Å². The van der Waals surface area contributed by atoms with Crippen molar-refractivity contribution in [2.45, 2.75) is 19.6 Å². The molecule has 1 aromatic heterocycles. The van der Waals surface area contributed by atoms with Crippen molar-refractivity contribution in [1.82, 2.24) is 9.55 Å². The number of H-pyrrole nitrogens is 1. The van der Waals surface area contributed by atoms with Crippen molar-refractivity contribution in [3.63, 3.8) is 0 Å². The van der Waals surface area contributed by atoms with E-state index in [-0.39, 0.29) is 30.1 Å². The number of phosphoric ester groups is 1. The molecule has 3 atom stereocenters. The van der Waals surface area contributed by atoms with Gasteiger partial charge in [-0.05, 0) is 6.92 Å². The minimum absolute atomic E-state index is 0.0241. The molecule has 0 aromatic carbocycles. The Bertz CT molecular complexity index is 1160. The molecule has 0 saturated carbocycles. The molecule has 19 heteroatoms. The quantitative estimate of drug-likeness (QED) is 0.198. The van der Waals surface area contributed by atoms with Crippen LogP contribution < -0.4 is 11.2 Å². The number of ether oxygens (including phenoxy) is 2. The molecule has 180 valence electrons. The Kier molecular flexibility index (Phi) is 8.24. The molecule has 0 radical (unpaired) electrons. The van der Waals surface area contributed by atoms with E-state index in [9.17, 15) is 33.1 Å². The van der Waals surface area contributed by atoms with Crippen LogP contribution in [0.1, 0.15) is 18.2 Å². The lowest BCUT2D eigenvalue weighted by molar-refractivity contribution is 0.0569. The molecule has 0 bridgehead atoms. The van der Waals surface area contributed by atoms with Crippen LogP contribution in [0.3, 0.4) is 0 Å². The molecular formula is C13H19N2O14P3. The average molecular weight is 520 g/mol. The van der Waals surface area contributed by atoms with Gasteiger partial charge in [-0.25, -0.2) is 18.5 Å². The molecule has 2 unspecified atom stereocenters. The van der Waals surface area contributed by atoms with Gasteiger partial charge in [0.15, 0.2) is 12.0 Å². The molecule has 16 nitrogen and oxygen atoms in total. The van der Waals surface area contributed by atoms with Gasteiger partial charge in [0.25, 0.3) is 5.56 Å². The summed E-state index contributed by atoms with van der Waals surface area (Å²) in [5.74, 6) is -0.154. The van der Waals surface area contributed by atoms with E-state index in [4.69, 9.17) is 19.3 Å². The van der Waals surface area contributed by atoms with Crippen LogP contribution in [0.15, 0.2) is 40.0 Å². The molecule has 0 amide bonds. The monoisotopic (exact) mass is 520 g/mol. The maximum absolute atomic E-state index is 12.1. The number of aromatic amines is 1. The minimum atomic E-state index is -5.69. The molecule has 32 heavy (non-hydrogen) atoms. The lowest BCUT2D eigenvalue weighted by Crippen LogP contribution is -2.33. The Morgan fingerprint density at radius 1 is 1.22 bits per heavy atom. The number of nitrogens with one attached hydrogen (secondary N) is 1. The van der Waals surface area contributed by atoms with Gasteiger partial charge in [0, 0.05) is 11.8 Å². The number of hydrogen-bond acceptors (Lipinski definition) is 10. The Balaban J connectivity index is 2.17. The molecule has 1 aliphatic rings. The second-order valence-electron chi connectivity index (χ2n) is 6.07. The van der Waals surface area contributed by atoms with Gasteiger partial charge in [-0.15, -0.1) is 0 Å². The molecule has 0 spiro atoms. The lowest BCUT2D eigenvalue weighted by atomic mass is 10.3. The summed E-state index contributed by atoms with van der Waals surface area (Å²) in [5, 5.41) is 0. The number of hydrogen-bond donors (Lipinski definition) is 5. The zero-order valence-corrected chi connectivity index (χ0v) is 18.9. The fourth-order valence-electron chi connectivity index (χ4n) is 2.36. The van der Waals surface area contributed by atoms with E-state index >= 15 is 0 Å². The largest absolute Gasteiger partial charge is 0.490 e. The normalized spacial score (nSPS) is 20.3. The van der Waals surface area contributed by atoms with Crippen LogP contribution in [0.25, 0.3) is 0 Å². The molecule has 1 aromatic rings. The first-order chi connectivity index (χ1) is 14.6. The van der Waals surface area contributed by atoms with Crippen LogP contribution >= 0.6 is 23.5 Å². The van der Waals surface area contributed by atoms with E-state index in [2.05, 4.69) is 24.7 Å². The summed E-state index contributed by atoms with van der Waals surface area (Å²) in [6.07, 6.45) is 1.48. The van der Waals surface area contributed by atoms with Crippen LogP contribution in [0.2, 0.25) is 0 Å². The standard InChI is InChI=1S/C13H19N2O14P3/c1-3-4-25-9-5-11(15-6-8(2)12(16)14-13(15)17)27-10(9)7-26-31(21,22)29-32(23,24)28-30(18,19)20/h3,6,11H,1,4-5,7H2,2H3,(H,21,22)(H,23,24)(H,14,16,17)(H2,18,19,20)/t11-/m1/s1. The van der Waals surface area contributed by atoms with Gasteiger partial charge in [0.05, 0.1) is 6.42 Å². The first-order valence-electron chi connectivity index (χ1n) is 8.35. The van der Waals surface area contributed by atoms with E-state index in [0.717, 1.165) is 4.57 Å². The van der Waals surface area contributed by atoms with Crippen molar-refractivity contribution in [1.29, 1.82) is 0 Å². The van der Waals surface area contributed by atoms with E-state index < -0.39 is 47.6 Å². The van der Waals surface area contributed by atoms with E-state index in [1.165, 1.54) is 19.2 Å². The van der Waals surface area contributed by atoms with Gasteiger partial charge in [-0.1, -0.05) is 12.7 Å². The summed E-state index contributed by atoms with van der Waals surface area (Å²) in [7, 11) is -16.6. The lowest BCUT2D eigenvalue weighted by Gasteiger charge is -2.17. The highest BCUT2D eigenvalue weighted by Crippen LogP contribution is 2.66. The predicted octanol–water partition coefficient (Wildman–Crippen LogP) is 0.521. The Hall–Kier alpha value is -1.83. The van der Waals surface area contributed by atoms with Crippen LogP contribution in [-0.2, 0) is 36.3 Å². The first-order valence-corrected chi connectivity index (χ1v) is 12.9. The topological polar surface area (TPSA) is 233 Å². The number of aryl methyl sites for hydroxylation is 1. The smallest absolute Gasteiger partial charge is 0.490 e. The van der Waals surface area contributed by atoms with Gasteiger partial charge in [0.2, 0.25) is 0 Å². The van der Waals surface area contributed by atoms with E-state index in [1.807, 2.05) is 0 Å². The fourth-order valence-corrected chi connectivity index (χ4v) is 5.33. The SMILES string of the molecule is C=CCOC1=C(COP(=O)(O)OP(=O)(O)OP(=O)(O)O)O[C@@H](n2cc(C)c(=O)[nH]c2=O)C1. The van der Waals surface area contributed by atoms with Crippen molar-refractivity contribution in [2.24, 2.45) is 0 Å². The second-order valence-corrected chi connectivity index (χ2v) is 10.5. The maximum atomic E-state index is 12.1. The molecule has 0 fully saturated rings. The minimum Gasteiger partial charge on any atom is -0.490 e. The van der Waals surface area contributed by atoms with Crippen LogP contribution in [0.4, 0.5) is 0 Å². The molecule has 1 aliphatic heterocycles. The summed E-state index contributed by atoms with van der Waals surface area (Å²) < 4.78 is 57.6. The molecule has 5 N–H and O–H groups in total. The molecule has 0 saturated heterocycles. The zero-order chi connectivity index (χ0) is 24.3. The number of aromatic nitrogens is 2. The molecular weight excluding hydrogens is 501 g/mol. The average Bonchev–Trinajstić information content (AvgIpc) is 3.01. The van der Waals surface area contributed by atoms with Crippen LogP contribution in [0, 0.1) is 6.92 Å². The van der Waals surface area contributed by atoms with Crippen molar-refractivity contribution in [2.75, 3.05) is 13.2 Å². The van der Waals surface area contributed by atoms with Crippen molar-refractivity contribution in [3.8, 4) is 0 Å². The van der Waals surface area contributed by atoms with Gasteiger partial charge >= 0.3 is 29.2 Å². The Morgan fingerprint density at radius 3 is 2.47 bits per heavy atom. The molecule has 2 rings (SSSR count). The highest BCUT2D eigenvalue weighted by atomic mass is 31.3. The summed E-state index contributed by atoms with van der Waals surface area (Å²) >= 11 is 0.